The zero-order valence-electron chi connectivity index (χ0n) is 19.1. The van der Waals surface area contributed by atoms with Gasteiger partial charge in [0.25, 0.3) is 0 Å². The maximum atomic E-state index is 5.81. The molecule has 0 bridgehead atoms. The number of aryl methyl sites for hydroxylation is 1. The second-order valence-electron chi connectivity index (χ2n) is 8.29. The van der Waals surface area contributed by atoms with Crippen LogP contribution in [-0.2, 0) is 25.7 Å². The van der Waals surface area contributed by atoms with Crippen LogP contribution < -0.4 is 14.2 Å². The van der Waals surface area contributed by atoms with Crippen LogP contribution in [0.2, 0.25) is 0 Å². The van der Waals surface area contributed by atoms with Crippen LogP contribution in [0.1, 0.15) is 47.9 Å². The van der Waals surface area contributed by atoms with Gasteiger partial charge in [-0.15, -0.1) is 0 Å². The molecule has 30 heavy (non-hydrogen) atoms. The quantitative estimate of drug-likeness (QED) is 0.510. The first kappa shape index (κ1) is 22.5. The Morgan fingerprint density at radius 1 is 0.833 bits per heavy atom. The summed E-state index contributed by atoms with van der Waals surface area (Å²) in [7, 11) is 7.44. The SMILES string of the molecule is COc1ccc(CCN(C)CCCc2c3c(cc(OC)c2OC)CCCCC3)cc1. The molecule has 0 saturated heterocycles. The summed E-state index contributed by atoms with van der Waals surface area (Å²) in [6, 6.07) is 10.6. The van der Waals surface area contributed by atoms with E-state index in [2.05, 4.69) is 30.1 Å². The molecule has 0 amide bonds. The fraction of sp³-hybridized carbons (Fsp3) is 0.538. The highest BCUT2D eigenvalue weighted by Gasteiger charge is 2.20. The van der Waals surface area contributed by atoms with Gasteiger partial charge in [-0.3, -0.25) is 0 Å². The van der Waals surface area contributed by atoms with Crippen LogP contribution in [0.25, 0.3) is 0 Å². The van der Waals surface area contributed by atoms with E-state index in [0.29, 0.717) is 0 Å². The van der Waals surface area contributed by atoms with Crippen molar-refractivity contribution in [3.05, 3.63) is 52.6 Å². The number of ether oxygens (including phenoxy) is 3. The van der Waals surface area contributed by atoms with Gasteiger partial charge in [0.15, 0.2) is 11.5 Å². The number of rotatable bonds is 10. The molecule has 0 N–H and O–H groups in total. The highest BCUT2D eigenvalue weighted by Crippen LogP contribution is 2.39. The first-order chi connectivity index (χ1) is 14.7. The van der Waals surface area contributed by atoms with Crippen molar-refractivity contribution in [3.63, 3.8) is 0 Å². The van der Waals surface area contributed by atoms with Crippen molar-refractivity contribution in [1.29, 1.82) is 0 Å². The van der Waals surface area contributed by atoms with Crippen molar-refractivity contribution in [2.45, 2.75) is 51.4 Å². The molecule has 0 radical (unpaired) electrons. The number of methoxy groups -OCH3 is 3. The van der Waals surface area contributed by atoms with Crippen LogP contribution in [0, 0.1) is 0 Å². The third-order valence-electron chi connectivity index (χ3n) is 6.26. The molecular weight excluding hydrogens is 374 g/mol. The molecule has 2 aromatic rings. The zero-order chi connectivity index (χ0) is 21.3. The highest BCUT2D eigenvalue weighted by atomic mass is 16.5. The predicted molar refractivity (Wildman–Crippen MR) is 123 cm³/mol. The first-order valence-corrected chi connectivity index (χ1v) is 11.2. The molecule has 0 unspecified atom stereocenters. The Hall–Kier alpha value is -2.20. The standard InChI is InChI=1S/C26H37NO3/c1-27(18-16-20-12-14-22(28-2)15-13-20)17-8-11-24-23-10-7-5-6-9-21(23)19-25(29-3)26(24)30-4/h12-15,19H,5-11,16-18H2,1-4H3. The Kier molecular flexibility index (Phi) is 8.44. The van der Waals surface area contributed by atoms with Crippen LogP contribution in [0.4, 0.5) is 0 Å². The van der Waals surface area contributed by atoms with Gasteiger partial charge in [0.2, 0.25) is 0 Å². The van der Waals surface area contributed by atoms with Crippen LogP contribution in [0.3, 0.4) is 0 Å². The van der Waals surface area contributed by atoms with E-state index in [4.69, 9.17) is 14.2 Å². The molecule has 3 rings (SSSR count). The minimum Gasteiger partial charge on any atom is -0.497 e. The summed E-state index contributed by atoms with van der Waals surface area (Å²) in [4.78, 5) is 2.43. The van der Waals surface area contributed by atoms with E-state index in [-0.39, 0.29) is 0 Å². The number of benzene rings is 2. The largest absolute Gasteiger partial charge is 0.497 e. The lowest BCUT2D eigenvalue weighted by Crippen LogP contribution is -2.23. The Balaban J connectivity index is 1.60. The molecule has 4 heteroatoms. The third kappa shape index (κ3) is 5.69. The lowest BCUT2D eigenvalue weighted by atomic mass is 9.92. The highest BCUT2D eigenvalue weighted by molar-refractivity contribution is 5.55. The molecule has 0 spiro atoms. The van der Waals surface area contributed by atoms with E-state index in [1.165, 1.54) is 47.9 Å². The molecule has 0 saturated carbocycles. The fourth-order valence-corrected chi connectivity index (χ4v) is 4.51. The summed E-state index contributed by atoms with van der Waals surface area (Å²) in [5.74, 6) is 2.75. The van der Waals surface area contributed by atoms with E-state index >= 15 is 0 Å². The van der Waals surface area contributed by atoms with Gasteiger partial charge in [-0.2, -0.15) is 0 Å². The van der Waals surface area contributed by atoms with Gasteiger partial charge in [-0.1, -0.05) is 18.6 Å². The molecule has 1 aliphatic rings. The molecule has 1 aliphatic carbocycles. The maximum absolute atomic E-state index is 5.81. The number of likely N-dealkylation sites (N-methyl/N-ethyl adjacent to an activating group) is 1. The molecule has 164 valence electrons. The maximum Gasteiger partial charge on any atom is 0.164 e. The average Bonchev–Trinajstić information content (AvgIpc) is 3.02. The monoisotopic (exact) mass is 411 g/mol. The van der Waals surface area contributed by atoms with Crippen LogP contribution in [-0.4, -0.2) is 46.4 Å². The van der Waals surface area contributed by atoms with Gasteiger partial charge in [-0.05, 0) is 93.4 Å². The summed E-state index contributed by atoms with van der Waals surface area (Å²) >= 11 is 0. The van der Waals surface area contributed by atoms with Crippen LogP contribution in [0.15, 0.2) is 30.3 Å². The summed E-state index contributed by atoms with van der Waals surface area (Å²) < 4.78 is 16.7. The Labute approximate surface area is 182 Å². The van der Waals surface area contributed by atoms with Crippen molar-refractivity contribution in [2.75, 3.05) is 41.5 Å². The summed E-state index contributed by atoms with van der Waals surface area (Å²) in [5.41, 5.74) is 5.71. The second kappa shape index (κ2) is 11.3. The van der Waals surface area contributed by atoms with Gasteiger partial charge in [0, 0.05) is 12.1 Å². The lowest BCUT2D eigenvalue weighted by Gasteiger charge is -2.21. The third-order valence-corrected chi connectivity index (χ3v) is 6.26. The topological polar surface area (TPSA) is 30.9 Å². The summed E-state index contributed by atoms with van der Waals surface area (Å²) in [5, 5.41) is 0. The van der Waals surface area contributed by atoms with E-state index < -0.39 is 0 Å². The van der Waals surface area contributed by atoms with Crippen molar-refractivity contribution in [3.8, 4) is 17.2 Å². The molecular formula is C26H37NO3. The summed E-state index contributed by atoms with van der Waals surface area (Å²) in [6.07, 6.45) is 9.39. The Morgan fingerprint density at radius 2 is 1.60 bits per heavy atom. The average molecular weight is 412 g/mol. The minimum absolute atomic E-state index is 0.890. The number of hydrogen-bond acceptors (Lipinski definition) is 4. The van der Waals surface area contributed by atoms with Gasteiger partial charge in [-0.25, -0.2) is 0 Å². The Bertz CT molecular complexity index is 801. The molecule has 0 aromatic heterocycles. The van der Waals surface area contributed by atoms with Crippen molar-refractivity contribution < 1.29 is 14.2 Å². The predicted octanol–water partition coefficient (Wildman–Crippen LogP) is 5.09. The van der Waals surface area contributed by atoms with Crippen molar-refractivity contribution in [2.24, 2.45) is 0 Å². The van der Waals surface area contributed by atoms with Gasteiger partial charge < -0.3 is 19.1 Å². The molecule has 0 atom stereocenters. The number of hydrogen-bond donors (Lipinski definition) is 0. The zero-order valence-corrected chi connectivity index (χ0v) is 19.1. The van der Waals surface area contributed by atoms with Crippen LogP contribution in [0.5, 0.6) is 17.2 Å². The van der Waals surface area contributed by atoms with Crippen molar-refractivity contribution in [1.82, 2.24) is 4.90 Å². The first-order valence-electron chi connectivity index (χ1n) is 11.2. The molecule has 0 fully saturated rings. The molecule has 2 aromatic carbocycles. The molecule has 0 heterocycles. The normalized spacial score (nSPS) is 13.6. The number of fused-ring (bicyclic) bond motifs is 1. The van der Waals surface area contributed by atoms with Crippen molar-refractivity contribution >= 4 is 0 Å². The second-order valence-corrected chi connectivity index (χ2v) is 8.29. The fourth-order valence-electron chi connectivity index (χ4n) is 4.51. The van der Waals surface area contributed by atoms with Gasteiger partial charge in [0.1, 0.15) is 5.75 Å². The minimum atomic E-state index is 0.890. The number of nitrogens with zero attached hydrogens (tertiary/aromatic N) is 1. The molecule has 0 aliphatic heterocycles. The Morgan fingerprint density at radius 3 is 2.30 bits per heavy atom. The lowest BCUT2D eigenvalue weighted by molar-refractivity contribution is 0.329. The summed E-state index contributed by atoms with van der Waals surface area (Å²) in [6.45, 7) is 2.13. The van der Waals surface area contributed by atoms with Gasteiger partial charge >= 0.3 is 0 Å². The van der Waals surface area contributed by atoms with E-state index in [0.717, 1.165) is 56.0 Å². The molecule has 4 nitrogen and oxygen atoms in total. The van der Waals surface area contributed by atoms with E-state index in [9.17, 15) is 0 Å². The van der Waals surface area contributed by atoms with E-state index in [1.807, 2.05) is 12.1 Å². The van der Waals surface area contributed by atoms with Gasteiger partial charge in [0.05, 0.1) is 21.3 Å². The van der Waals surface area contributed by atoms with E-state index in [1.54, 1.807) is 21.3 Å². The van der Waals surface area contributed by atoms with Crippen LogP contribution >= 0.6 is 0 Å². The smallest absolute Gasteiger partial charge is 0.164 e.